The molecule has 0 aromatic heterocycles. The van der Waals surface area contributed by atoms with Crippen molar-refractivity contribution in [2.45, 2.75) is 12.8 Å². The lowest BCUT2D eigenvalue weighted by atomic mass is 9.95. The van der Waals surface area contributed by atoms with Gasteiger partial charge in [-0.05, 0) is 63.4 Å². The smallest absolute Gasteiger partial charge is 0.251 e. The monoisotopic (exact) mass is 390 g/mol. The third kappa shape index (κ3) is 3.74. The molecule has 146 valence electrons. The summed E-state index contributed by atoms with van der Waals surface area (Å²) in [5.74, 6) is -0.0307. The van der Waals surface area contributed by atoms with Crippen LogP contribution in [0, 0.1) is 0 Å². The average molecular weight is 390 g/mol. The summed E-state index contributed by atoms with van der Waals surface area (Å²) in [7, 11) is 0. The molecule has 0 saturated carbocycles. The SMILES string of the molecule is O=C(NCCc1cccc(-c2ccccc2)c1)c1ccc2c(c1)=C1C=CN=C(C=2)C1. The van der Waals surface area contributed by atoms with Crippen LogP contribution in [-0.4, -0.2) is 18.2 Å². The summed E-state index contributed by atoms with van der Waals surface area (Å²) in [6, 6.07) is 24.8. The van der Waals surface area contributed by atoms with Crippen LogP contribution in [0.15, 0.2) is 90.1 Å². The Hall–Kier alpha value is -3.72. The minimum absolute atomic E-state index is 0.0307. The molecule has 3 aromatic rings. The Balaban J connectivity index is 1.28. The molecule has 0 unspecified atom stereocenters. The lowest BCUT2D eigenvalue weighted by molar-refractivity contribution is 0.0954. The minimum Gasteiger partial charge on any atom is -0.352 e. The topological polar surface area (TPSA) is 41.5 Å². The minimum atomic E-state index is -0.0307. The third-order valence-corrected chi connectivity index (χ3v) is 5.60. The van der Waals surface area contributed by atoms with Crippen molar-refractivity contribution in [1.82, 2.24) is 5.32 Å². The summed E-state index contributed by atoms with van der Waals surface area (Å²) in [5.41, 5.74) is 6.63. The van der Waals surface area contributed by atoms with Crippen LogP contribution in [0.4, 0.5) is 0 Å². The highest BCUT2D eigenvalue weighted by Gasteiger charge is 2.12. The Morgan fingerprint density at radius 2 is 1.80 bits per heavy atom. The second kappa shape index (κ2) is 7.96. The number of aliphatic imine (C=N–C) groups is 1. The largest absolute Gasteiger partial charge is 0.352 e. The predicted octanol–water partition coefficient (Wildman–Crippen LogP) is 3.63. The lowest BCUT2D eigenvalue weighted by Gasteiger charge is -2.13. The molecule has 0 spiro atoms. The van der Waals surface area contributed by atoms with E-state index in [1.807, 2.05) is 48.7 Å². The Kier molecular flexibility index (Phi) is 4.86. The van der Waals surface area contributed by atoms with Gasteiger partial charge in [0.25, 0.3) is 5.91 Å². The van der Waals surface area contributed by atoms with E-state index in [1.54, 1.807) is 0 Å². The van der Waals surface area contributed by atoms with Crippen LogP contribution in [0.3, 0.4) is 0 Å². The van der Waals surface area contributed by atoms with Crippen molar-refractivity contribution in [1.29, 1.82) is 0 Å². The highest BCUT2D eigenvalue weighted by Crippen LogP contribution is 2.20. The maximum atomic E-state index is 12.7. The van der Waals surface area contributed by atoms with Gasteiger partial charge in [-0.25, -0.2) is 0 Å². The first-order chi connectivity index (χ1) is 14.8. The number of carbonyl (C=O) groups is 1. The first kappa shape index (κ1) is 18.3. The zero-order valence-electron chi connectivity index (χ0n) is 16.6. The van der Waals surface area contributed by atoms with Crippen LogP contribution < -0.4 is 15.8 Å². The van der Waals surface area contributed by atoms with Crippen LogP contribution in [-0.2, 0) is 6.42 Å². The van der Waals surface area contributed by atoms with Crippen LogP contribution in [0.25, 0.3) is 22.8 Å². The van der Waals surface area contributed by atoms with Crippen LogP contribution in [0.5, 0.6) is 0 Å². The van der Waals surface area contributed by atoms with Crippen LogP contribution in [0.1, 0.15) is 22.3 Å². The Morgan fingerprint density at radius 1 is 0.933 bits per heavy atom. The van der Waals surface area contributed by atoms with E-state index >= 15 is 0 Å². The Morgan fingerprint density at radius 3 is 2.70 bits per heavy atom. The molecule has 0 saturated heterocycles. The van der Waals surface area contributed by atoms with Crippen molar-refractivity contribution >= 4 is 23.3 Å². The number of hydrogen-bond donors (Lipinski definition) is 1. The number of allylic oxidation sites excluding steroid dienone is 1. The first-order valence-electron chi connectivity index (χ1n) is 10.3. The van der Waals surface area contributed by atoms with E-state index in [0.717, 1.165) is 29.0 Å². The standard InChI is InChI=1S/C27H22N2O/c30-27(24-10-9-22-16-25-17-23(12-14-28-25)26(22)18-24)29-13-11-19-5-4-8-21(15-19)20-6-2-1-3-7-20/h1-10,12,14-16,18H,11,13,17H2,(H,29,30). The van der Waals surface area contributed by atoms with Gasteiger partial charge in [0.2, 0.25) is 0 Å². The highest BCUT2D eigenvalue weighted by atomic mass is 16.1. The number of nitrogens with zero attached hydrogens (tertiary/aromatic N) is 1. The lowest BCUT2D eigenvalue weighted by Crippen LogP contribution is -2.35. The maximum absolute atomic E-state index is 12.7. The van der Waals surface area contributed by atoms with Gasteiger partial charge in [0.1, 0.15) is 0 Å². The molecule has 0 radical (unpaired) electrons. The molecule has 3 heteroatoms. The van der Waals surface area contributed by atoms with E-state index in [9.17, 15) is 4.79 Å². The van der Waals surface area contributed by atoms with Crippen molar-refractivity contribution in [2.24, 2.45) is 4.99 Å². The number of rotatable bonds is 5. The predicted molar refractivity (Wildman–Crippen MR) is 123 cm³/mol. The van der Waals surface area contributed by atoms with Gasteiger partial charge in [-0.3, -0.25) is 9.79 Å². The van der Waals surface area contributed by atoms with E-state index in [4.69, 9.17) is 0 Å². The highest BCUT2D eigenvalue weighted by molar-refractivity contribution is 6.16. The summed E-state index contributed by atoms with van der Waals surface area (Å²) in [4.78, 5) is 17.1. The zero-order chi connectivity index (χ0) is 20.3. The van der Waals surface area contributed by atoms with E-state index < -0.39 is 0 Å². The molecule has 2 aliphatic rings. The first-order valence-corrected chi connectivity index (χ1v) is 10.3. The number of nitrogens with one attached hydrogen (secondary N) is 1. The quantitative estimate of drug-likeness (QED) is 0.710. The fourth-order valence-corrected chi connectivity index (χ4v) is 4.04. The summed E-state index contributed by atoms with van der Waals surface area (Å²) in [6.45, 7) is 0.605. The fraction of sp³-hybridized carbons (Fsp3) is 0.111. The molecule has 2 bridgehead atoms. The van der Waals surface area contributed by atoms with E-state index in [1.165, 1.54) is 22.3 Å². The molecule has 1 heterocycles. The van der Waals surface area contributed by atoms with Gasteiger partial charge in [0.05, 0.1) is 0 Å². The summed E-state index contributed by atoms with van der Waals surface area (Å²) < 4.78 is 0. The molecular weight excluding hydrogens is 368 g/mol. The third-order valence-electron chi connectivity index (χ3n) is 5.60. The zero-order valence-corrected chi connectivity index (χ0v) is 16.6. The molecule has 0 fully saturated rings. The van der Waals surface area contributed by atoms with Gasteiger partial charge in [-0.15, -0.1) is 0 Å². The van der Waals surface area contributed by atoms with Gasteiger partial charge in [-0.1, -0.05) is 60.7 Å². The van der Waals surface area contributed by atoms with E-state index in [2.05, 4.69) is 52.8 Å². The average Bonchev–Trinajstić information content (AvgIpc) is 2.80. The van der Waals surface area contributed by atoms with Gasteiger partial charge < -0.3 is 5.32 Å². The van der Waals surface area contributed by atoms with Crippen molar-refractivity contribution in [3.05, 3.63) is 107 Å². The molecular formula is C27H22N2O. The molecule has 1 N–H and O–H groups in total. The molecule has 30 heavy (non-hydrogen) atoms. The number of carbonyl (C=O) groups excluding carboxylic acids is 1. The van der Waals surface area contributed by atoms with Crippen molar-refractivity contribution in [2.75, 3.05) is 6.54 Å². The van der Waals surface area contributed by atoms with E-state index in [0.29, 0.717) is 12.1 Å². The Bertz CT molecular complexity index is 1300. The number of hydrogen-bond acceptors (Lipinski definition) is 2. The van der Waals surface area contributed by atoms with Crippen molar-refractivity contribution < 1.29 is 4.79 Å². The number of amides is 1. The van der Waals surface area contributed by atoms with Crippen LogP contribution in [0.2, 0.25) is 0 Å². The summed E-state index contributed by atoms with van der Waals surface area (Å²) in [5, 5.41) is 5.33. The van der Waals surface area contributed by atoms with Gasteiger partial charge in [-0.2, -0.15) is 0 Å². The Labute approximate surface area is 175 Å². The molecule has 1 aliphatic heterocycles. The molecule has 0 atom stereocenters. The summed E-state index contributed by atoms with van der Waals surface area (Å²) in [6.07, 6.45) is 7.61. The van der Waals surface area contributed by atoms with Gasteiger partial charge in [0.15, 0.2) is 0 Å². The molecule has 1 amide bonds. The molecule has 3 aromatic carbocycles. The molecule has 5 rings (SSSR count). The second-order valence-corrected chi connectivity index (χ2v) is 7.66. The number of benzene rings is 3. The van der Waals surface area contributed by atoms with Gasteiger partial charge >= 0.3 is 0 Å². The number of fused-ring (bicyclic) bond motifs is 3. The van der Waals surface area contributed by atoms with E-state index in [-0.39, 0.29) is 5.91 Å². The summed E-state index contributed by atoms with van der Waals surface area (Å²) >= 11 is 0. The fourth-order valence-electron chi connectivity index (χ4n) is 4.04. The van der Waals surface area contributed by atoms with Gasteiger partial charge in [0, 0.05) is 30.4 Å². The van der Waals surface area contributed by atoms with Crippen molar-refractivity contribution in [3.8, 4) is 11.1 Å². The van der Waals surface area contributed by atoms with Crippen molar-refractivity contribution in [3.63, 3.8) is 0 Å². The molecule has 1 aliphatic carbocycles. The van der Waals surface area contributed by atoms with Crippen LogP contribution >= 0.6 is 0 Å². The maximum Gasteiger partial charge on any atom is 0.251 e. The normalized spacial score (nSPS) is 13.9. The second-order valence-electron chi connectivity index (χ2n) is 7.66. The molecule has 3 nitrogen and oxygen atoms in total.